The van der Waals surface area contributed by atoms with Gasteiger partial charge >= 0.3 is 0 Å². The van der Waals surface area contributed by atoms with E-state index < -0.39 is 6.04 Å². The van der Waals surface area contributed by atoms with Crippen molar-refractivity contribution in [2.45, 2.75) is 58.0 Å². The molecule has 114 valence electrons. The Hall–Kier alpha value is -1.10. The molecule has 2 fully saturated rings. The monoisotopic (exact) mass is 281 g/mol. The van der Waals surface area contributed by atoms with Crippen molar-refractivity contribution in [2.75, 3.05) is 19.6 Å². The average molecular weight is 281 g/mol. The summed E-state index contributed by atoms with van der Waals surface area (Å²) in [5, 5.41) is 6.21. The van der Waals surface area contributed by atoms with Gasteiger partial charge in [0.1, 0.15) is 6.04 Å². The van der Waals surface area contributed by atoms with Crippen LogP contribution in [0, 0.1) is 5.92 Å². The van der Waals surface area contributed by atoms with E-state index in [2.05, 4.69) is 17.6 Å². The Kier molecular flexibility index (Phi) is 5.40. The van der Waals surface area contributed by atoms with Gasteiger partial charge in [-0.1, -0.05) is 0 Å². The van der Waals surface area contributed by atoms with Crippen molar-refractivity contribution >= 4 is 11.8 Å². The minimum Gasteiger partial charge on any atom is -0.344 e. The molecular formula is C15H27N3O2. The number of carbonyl (C=O) groups is 2. The molecule has 0 radical (unpaired) electrons. The first kappa shape index (κ1) is 15.3. The molecule has 0 aliphatic carbocycles. The second kappa shape index (κ2) is 7.07. The van der Waals surface area contributed by atoms with Gasteiger partial charge in [-0.3, -0.25) is 9.59 Å². The minimum atomic E-state index is -0.403. The van der Waals surface area contributed by atoms with E-state index in [1.807, 2.05) is 4.90 Å². The van der Waals surface area contributed by atoms with E-state index in [1.54, 1.807) is 6.92 Å². The van der Waals surface area contributed by atoms with E-state index in [-0.39, 0.29) is 17.7 Å². The minimum absolute atomic E-state index is 0.00260. The molecule has 2 aliphatic heterocycles. The third-order valence-electron chi connectivity index (χ3n) is 4.43. The number of rotatable bonds is 3. The van der Waals surface area contributed by atoms with Crippen LogP contribution in [0.2, 0.25) is 0 Å². The molecule has 20 heavy (non-hydrogen) atoms. The van der Waals surface area contributed by atoms with E-state index in [1.165, 1.54) is 6.42 Å². The summed E-state index contributed by atoms with van der Waals surface area (Å²) < 4.78 is 0. The molecule has 3 unspecified atom stereocenters. The molecule has 2 saturated heterocycles. The SMILES string of the molecule is CC1CCC(C(=O)NC(C)C(=O)N2CCCCC2)CN1. The van der Waals surface area contributed by atoms with Crippen molar-refractivity contribution in [3.05, 3.63) is 0 Å². The Bertz CT molecular complexity index is 345. The van der Waals surface area contributed by atoms with Crippen LogP contribution < -0.4 is 10.6 Å². The first-order valence-electron chi connectivity index (χ1n) is 7.90. The fraction of sp³-hybridized carbons (Fsp3) is 0.867. The zero-order valence-corrected chi connectivity index (χ0v) is 12.7. The predicted molar refractivity (Wildman–Crippen MR) is 78.2 cm³/mol. The number of likely N-dealkylation sites (tertiary alicyclic amines) is 1. The topological polar surface area (TPSA) is 61.4 Å². The molecule has 0 spiro atoms. The van der Waals surface area contributed by atoms with E-state index in [0.717, 1.165) is 45.3 Å². The van der Waals surface area contributed by atoms with Crippen molar-refractivity contribution in [1.29, 1.82) is 0 Å². The number of hydrogen-bond acceptors (Lipinski definition) is 3. The van der Waals surface area contributed by atoms with Crippen molar-refractivity contribution < 1.29 is 9.59 Å². The molecule has 0 aromatic heterocycles. The molecule has 2 rings (SSSR count). The van der Waals surface area contributed by atoms with Crippen LogP contribution in [-0.2, 0) is 9.59 Å². The van der Waals surface area contributed by atoms with Gasteiger partial charge in [0, 0.05) is 25.7 Å². The summed E-state index contributed by atoms with van der Waals surface area (Å²) in [6.07, 6.45) is 5.29. The smallest absolute Gasteiger partial charge is 0.244 e. The van der Waals surface area contributed by atoms with Gasteiger partial charge in [0.05, 0.1) is 5.92 Å². The van der Waals surface area contributed by atoms with Gasteiger partial charge in [0.15, 0.2) is 0 Å². The standard InChI is InChI=1S/C15H27N3O2/c1-11-6-7-13(10-16-11)14(19)17-12(2)15(20)18-8-4-3-5-9-18/h11-13,16H,3-10H2,1-2H3,(H,17,19). The molecule has 0 aromatic rings. The second-order valence-electron chi connectivity index (χ2n) is 6.20. The molecule has 0 aromatic carbocycles. The number of hydrogen-bond donors (Lipinski definition) is 2. The van der Waals surface area contributed by atoms with Crippen molar-refractivity contribution in [1.82, 2.24) is 15.5 Å². The third kappa shape index (κ3) is 3.95. The van der Waals surface area contributed by atoms with Crippen LogP contribution in [0.15, 0.2) is 0 Å². The van der Waals surface area contributed by atoms with Crippen LogP contribution in [0.25, 0.3) is 0 Å². The normalized spacial score (nSPS) is 28.8. The number of piperidine rings is 2. The van der Waals surface area contributed by atoms with Crippen LogP contribution in [-0.4, -0.2) is 48.4 Å². The first-order chi connectivity index (χ1) is 9.58. The van der Waals surface area contributed by atoms with Gasteiger partial charge in [-0.05, 0) is 46.0 Å². The highest BCUT2D eigenvalue weighted by Gasteiger charge is 2.28. The lowest BCUT2D eigenvalue weighted by molar-refractivity contribution is -0.137. The van der Waals surface area contributed by atoms with Crippen LogP contribution in [0.5, 0.6) is 0 Å². The number of carbonyl (C=O) groups excluding carboxylic acids is 2. The van der Waals surface area contributed by atoms with Crippen molar-refractivity contribution in [3.63, 3.8) is 0 Å². The van der Waals surface area contributed by atoms with Crippen LogP contribution >= 0.6 is 0 Å². The molecule has 5 heteroatoms. The largest absolute Gasteiger partial charge is 0.344 e. The lowest BCUT2D eigenvalue weighted by atomic mass is 9.94. The van der Waals surface area contributed by atoms with Gasteiger partial charge in [-0.2, -0.15) is 0 Å². The zero-order chi connectivity index (χ0) is 14.5. The quantitative estimate of drug-likeness (QED) is 0.808. The third-order valence-corrected chi connectivity index (χ3v) is 4.43. The fourth-order valence-corrected chi connectivity index (χ4v) is 3.00. The first-order valence-corrected chi connectivity index (χ1v) is 7.90. The Labute approximate surface area is 121 Å². The fourth-order valence-electron chi connectivity index (χ4n) is 3.00. The molecule has 2 heterocycles. The van der Waals surface area contributed by atoms with Crippen molar-refractivity contribution in [3.8, 4) is 0 Å². The van der Waals surface area contributed by atoms with Crippen LogP contribution in [0.4, 0.5) is 0 Å². The molecule has 2 N–H and O–H groups in total. The Morgan fingerprint density at radius 1 is 1.20 bits per heavy atom. The lowest BCUT2D eigenvalue weighted by Gasteiger charge is -2.31. The number of nitrogens with one attached hydrogen (secondary N) is 2. The highest BCUT2D eigenvalue weighted by atomic mass is 16.2. The molecule has 5 nitrogen and oxygen atoms in total. The summed E-state index contributed by atoms with van der Waals surface area (Å²) in [6, 6.07) is 0.0893. The highest BCUT2D eigenvalue weighted by Crippen LogP contribution is 2.15. The van der Waals surface area contributed by atoms with Gasteiger partial charge < -0.3 is 15.5 Å². The summed E-state index contributed by atoms with van der Waals surface area (Å²) in [5.74, 6) is 0.0836. The molecule has 0 saturated carbocycles. The predicted octanol–water partition coefficient (Wildman–Crippen LogP) is 0.892. The van der Waals surface area contributed by atoms with Gasteiger partial charge in [0.2, 0.25) is 11.8 Å². The van der Waals surface area contributed by atoms with E-state index in [9.17, 15) is 9.59 Å². The molecule has 3 atom stereocenters. The molecule has 2 amide bonds. The van der Waals surface area contributed by atoms with E-state index >= 15 is 0 Å². The molecule has 2 aliphatic rings. The number of amides is 2. The zero-order valence-electron chi connectivity index (χ0n) is 12.7. The van der Waals surface area contributed by atoms with Gasteiger partial charge in [0.25, 0.3) is 0 Å². The molecular weight excluding hydrogens is 254 g/mol. The summed E-state index contributed by atoms with van der Waals surface area (Å²) in [7, 11) is 0. The van der Waals surface area contributed by atoms with Gasteiger partial charge in [-0.25, -0.2) is 0 Å². The Morgan fingerprint density at radius 2 is 1.90 bits per heavy atom. The van der Waals surface area contributed by atoms with E-state index in [4.69, 9.17) is 0 Å². The summed E-state index contributed by atoms with van der Waals surface area (Å²) in [4.78, 5) is 26.3. The average Bonchev–Trinajstić information content (AvgIpc) is 2.48. The second-order valence-corrected chi connectivity index (χ2v) is 6.20. The van der Waals surface area contributed by atoms with Crippen LogP contribution in [0.1, 0.15) is 46.0 Å². The highest BCUT2D eigenvalue weighted by molar-refractivity contribution is 5.88. The van der Waals surface area contributed by atoms with Crippen LogP contribution in [0.3, 0.4) is 0 Å². The number of nitrogens with zero attached hydrogens (tertiary/aromatic N) is 1. The van der Waals surface area contributed by atoms with Crippen molar-refractivity contribution in [2.24, 2.45) is 5.92 Å². The summed E-state index contributed by atoms with van der Waals surface area (Å²) in [6.45, 7) is 6.32. The summed E-state index contributed by atoms with van der Waals surface area (Å²) >= 11 is 0. The maximum Gasteiger partial charge on any atom is 0.244 e. The Morgan fingerprint density at radius 3 is 2.50 bits per heavy atom. The van der Waals surface area contributed by atoms with E-state index in [0.29, 0.717) is 6.04 Å². The molecule has 0 bridgehead atoms. The lowest BCUT2D eigenvalue weighted by Crippen LogP contribution is -2.51. The maximum atomic E-state index is 12.3. The Balaban J connectivity index is 1.79. The summed E-state index contributed by atoms with van der Waals surface area (Å²) in [5.41, 5.74) is 0. The maximum absolute atomic E-state index is 12.3. The van der Waals surface area contributed by atoms with Gasteiger partial charge in [-0.15, -0.1) is 0 Å².